The summed E-state index contributed by atoms with van der Waals surface area (Å²) in [5, 5.41) is 4.78. The van der Waals surface area contributed by atoms with Crippen molar-refractivity contribution in [3.05, 3.63) is 40.1 Å². The van der Waals surface area contributed by atoms with E-state index >= 15 is 0 Å². The number of carbonyl (C=O) groups excluding carboxylic acids is 1. The van der Waals surface area contributed by atoms with Crippen LogP contribution in [0.2, 0.25) is 0 Å². The summed E-state index contributed by atoms with van der Waals surface area (Å²) in [4.78, 5) is 12.7. The first-order valence-electron chi connectivity index (χ1n) is 5.99. The third kappa shape index (κ3) is 2.42. The summed E-state index contributed by atoms with van der Waals surface area (Å²) >= 11 is 1.42. The van der Waals surface area contributed by atoms with Crippen molar-refractivity contribution in [2.45, 2.75) is 6.92 Å². The van der Waals surface area contributed by atoms with Gasteiger partial charge in [0.15, 0.2) is 11.5 Å². The number of nitrogens with one attached hydrogen (secondary N) is 1. The van der Waals surface area contributed by atoms with Gasteiger partial charge >= 0.3 is 0 Å². The van der Waals surface area contributed by atoms with Gasteiger partial charge in [-0.1, -0.05) is 6.07 Å². The molecule has 1 aliphatic rings. The van der Waals surface area contributed by atoms with E-state index in [4.69, 9.17) is 9.47 Å². The fraction of sp³-hybridized carbons (Fsp3) is 0.214. The minimum absolute atomic E-state index is 0.102. The van der Waals surface area contributed by atoms with E-state index in [-0.39, 0.29) is 5.91 Å². The van der Waals surface area contributed by atoms with Gasteiger partial charge < -0.3 is 14.8 Å². The van der Waals surface area contributed by atoms with E-state index in [2.05, 4.69) is 5.32 Å². The molecule has 0 spiro atoms. The third-order valence-electron chi connectivity index (χ3n) is 2.88. The van der Waals surface area contributed by atoms with E-state index in [0.29, 0.717) is 23.8 Å². The number of carbonyl (C=O) groups is 1. The molecule has 1 aromatic heterocycles. The Hall–Kier alpha value is -2.01. The van der Waals surface area contributed by atoms with Crippen molar-refractivity contribution in [1.82, 2.24) is 0 Å². The summed E-state index contributed by atoms with van der Waals surface area (Å²) in [7, 11) is 0. The molecule has 0 unspecified atom stereocenters. The molecule has 0 atom stereocenters. The van der Waals surface area contributed by atoms with Gasteiger partial charge in [-0.25, -0.2) is 0 Å². The fourth-order valence-electron chi connectivity index (χ4n) is 1.92. The predicted octanol–water partition coefficient (Wildman–Crippen LogP) is 3.08. The zero-order valence-electron chi connectivity index (χ0n) is 10.4. The van der Waals surface area contributed by atoms with Crippen molar-refractivity contribution in [3.8, 4) is 11.5 Å². The minimum atomic E-state index is -0.102. The van der Waals surface area contributed by atoms with E-state index < -0.39 is 0 Å². The van der Waals surface area contributed by atoms with Crippen molar-refractivity contribution in [3.63, 3.8) is 0 Å². The summed E-state index contributed by atoms with van der Waals surface area (Å²) in [6.07, 6.45) is 0. The van der Waals surface area contributed by atoms with Gasteiger partial charge in [-0.05, 0) is 30.0 Å². The Morgan fingerprint density at radius 2 is 2.00 bits per heavy atom. The molecule has 1 aromatic carbocycles. The molecule has 0 bridgehead atoms. The van der Waals surface area contributed by atoms with Crippen LogP contribution in [0.5, 0.6) is 11.5 Å². The average Bonchev–Trinajstić information content (AvgIpc) is 2.93. The first kappa shape index (κ1) is 12.0. The molecule has 0 saturated heterocycles. The molecule has 0 aliphatic carbocycles. The Morgan fingerprint density at radius 1 is 1.26 bits per heavy atom. The maximum atomic E-state index is 12.0. The van der Waals surface area contributed by atoms with Crippen LogP contribution in [0.4, 0.5) is 5.69 Å². The maximum absolute atomic E-state index is 12.0. The van der Waals surface area contributed by atoms with Crippen molar-refractivity contribution in [1.29, 1.82) is 0 Å². The average molecular weight is 275 g/mol. The zero-order chi connectivity index (χ0) is 13.2. The second kappa shape index (κ2) is 4.93. The number of fused-ring (bicyclic) bond motifs is 1. The van der Waals surface area contributed by atoms with Gasteiger partial charge in [0.1, 0.15) is 13.2 Å². The molecule has 1 amide bonds. The second-order valence-electron chi connectivity index (χ2n) is 4.24. The number of hydrogen-bond donors (Lipinski definition) is 1. The van der Waals surface area contributed by atoms with Crippen molar-refractivity contribution in [2.24, 2.45) is 0 Å². The molecule has 3 rings (SSSR count). The topological polar surface area (TPSA) is 47.6 Å². The van der Waals surface area contributed by atoms with Gasteiger partial charge in [0.05, 0.1) is 4.88 Å². The summed E-state index contributed by atoms with van der Waals surface area (Å²) in [6.45, 7) is 3.03. The zero-order valence-corrected chi connectivity index (χ0v) is 11.3. The lowest BCUT2D eigenvalue weighted by Gasteiger charge is -2.20. The normalized spacial score (nSPS) is 13.1. The number of hydrogen-bond acceptors (Lipinski definition) is 4. The van der Waals surface area contributed by atoms with Crippen molar-refractivity contribution in [2.75, 3.05) is 18.5 Å². The Bertz CT molecular complexity index is 607. The molecule has 1 aliphatic heterocycles. The number of aryl methyl sites for hydroxylation is 1. The van der Waals surface area contributed by atoms with Gasteiger partial charge in [0, 0.05) is 11.8 Å². The molecule has 0 fully saturated rings. The highest BCUT2D eigenvalue weighted by atomic mass is 32.1. The van der Waals surface area contributed by atoms with E-state index in [1.54, 1.807) is 6.07 Å². The lowest BCUT2D eigenvalue weighted by molar-refractivity contribution is 0.103. The van der Waals surface area contributed by atoms with Gasteiger partial charge in [0.25, 0.3) is 5.91 Å². The van der Waals surface area contributed by atoms with E-state index in [1.807, 2.05) is 30.5 Å². The van der Waals surface area contributed by atoms with Crippen LogP contribution in [-0.4, -0.2) is 19.1 Å². The SMILES string of the molecule is Cc1cc2c(cc1NC(=O)c1cccs1)OCCO2. The molecule has 5 heteroatoms. The van der Waals surface area contributed by atoms with Gasteiger partial charge in [0.2, 0.25) is 0 Å². The number of anilines is 1. The van der Waals surface area contributed by atoms with Crippen LogP contribution >= 0.6 is 11.3 Å². The van der Waals surface area contributed by atoms with Gasteiger partial charge in [-0.3, -0.25) is 4.79 Å². The fourth-order valence-corrected chi connectivity index (χ4v) is 2.54. The molecular formula is C14H13NO3S. The highest BCUT2D eigenvalue weighted by molar-refractivity contribution is 7.12. The lowest BCUT2D eigenvalue weighted by atomic mass is 10.1. The van der Waals surface area contributed by atoms with E-state index in [0.717, 1.165) is 17.0 Å². The summed E-state index contributed by atoms with van der Waals surface area (Å²) < 4.78 is 11.0. The maximum Gasteiger partial charge on any atom is 0.265 e. The molecule has 4 nitrogen and oxygen atoms in total. The van der Waals surface area contributed by atoms with Crippen LogP contribution in [-0.2, 0) is 0 Å². The summed E-state index contributed by atoms with van der Waals surface area (Å²) in [5.41, 5.74) is 1.71. The highest BCUT2D eigenvalue weighted by Gasteiger charge is 2.16. The number of ether oxygens (including phenoxy) is 2. The predicted molar refractivity (Wildman–Crippen MR) is 74.4 cm³/mol. The second-order valence-corrected chi connectivity index (χ2v) is 5.19. The molecule has 19 heavy (non-hydrogen) atoms. The van der Waals surface area contributed by atoms with Crippen LogP contribution in [0, 0.1) is 6.92 Å². The molecule has 2 aromatic rings. The van der Waals surface area contributed by atoms with Gasteiger partial charge in [-0.15, -0.1) is 11.3 Å². The van der Waals surface area contributed by atoms with Crippen molar-refractivity contribution < 1.29 is 14.3 Å². The summed E-state index contributed by atoms with van der Waals surface area (Å²) in [6, 6.07) is 7.36. The Labute approximate surface area is 115 Å². The minimum Gasteiger partial charge on any atom is -0.486 e. The van der Waals surface area contributed by atoms with Crippen LogP contribution in [0.15, 0.2) is 29.6 Å². The number of amides is 1. The van der Waals surface area contributed by atoms with Crippen LogP contribution in [0.1, 0.15) is 15.2 Å². The number of rotatable bonds is 2. The quantitative estimate of drug-likeness (QED) is 0.916. The first-order valence-corrected chi connectivity index (χ1v) is 6.87. The Kier molecular flexibility index (Phi) is 3.13. The Morgan fingerprint density at radius 3 is 2.68 bits per heavy atom. The van der Waals surface area contributed by atoms with E-state index in [9.17, 15) is 4.79 Å². The highest BCUT2D eigenvalue weighted by Crippen LogP contribution is 2.35. The largest absolute Gasteiger partial charge is 0.486 e. The summed E-state index contributed by atoms with van der Waals surface area (Å²) in [5.74, 6) is 1.31. The molecule has 2 heterocycles. The third-order valence-corrected chi connectivity index (χ3v) is 3.75. The number of benzene rings is 1. The molecule has 1 N–H and O–H groups in total. The standard InChI is InChI=1S/C14H13NO3S/c1-9-7-11-12(18-5-4-17-11)8-10(9)15-14(16)13-3-2-6-19-13/h2-3,6-8H,4-5H2,1H3,(H,15,16). The van der Waals surface area contributed by atoms with Crippen molar-refractivity contribution >= 4 is 22.9 Å². The molecule has 0 saturated carbocycles. The van der Waals surface area contributed by atoms with E-state index in [1.165, 1.54) is 11.3 Å². The first-order chi connectivity index (χ1) is 9.24. The van der Waals surface area contributed by atoms with Crippen LogP contribution in [0.25, 0.3) is 0 Å². The Balaban J connectivity index is 1.87. The smallest absolute Gasteiger partial charge is 0.265 e. The molecule has 98 valence electrons. The molecule has 0 radical (unpaired) electrons. The van der Waals surface area contributed by atoms with Crippen LogP contribution in [0.3, 0.4) is 0 Å². The lowest BCUT2D eigenvalue weighted by Crippen LogP contribution is -2.17. The monoisotopic (exact) mass is 275 g/mol. The number of thiophene rings is 1. The van der Waals surface area contributed by atoms with Crippen LogP contribution < -0.4 is 14.8 Å². The molecular weight excluding hydrogens is 262 g/mol. The van der Waals surface area contributed by atoms with Gasteiger partial charge in [-0.2, -0.15) is 0 Å².